The fourth-order valence-corrected chi connectivity index (χ4v) is 2.35. The Morgan fingerprint density at radius 3 is 2.35 bits per heavy atom. The first-order chi connectivity index (χ1) is 12.4. The number of carbonyl (C=O) groups is 1. The largest absolute Gasteiger partial charge is 0.340 e. The van der Waals surface area contributed by atoms with E-state index in [1.54, 1.807) is 31.2 Å². The van der Waals surface area contributed by atoms with E-state index in [0.29, 0.717) is 22.4 Å². The van der Waals surface area contributed by atoms with Crippen LogP contribution in [0.15, 0.2) is 48.5 Å². The molecule has 5 nitrogen and oxygen atoms in total. The predicted octanol–water partition coefficient (Wildman–Crippen LogP) is 4.71. The second kappa shape index (κ2) is 7.45. The number of aryl methyl sites for hydroxylation is 1. The number of rotatable bonds is 4. The van der Waals surface area contributed by atoms with Gasteiger partial charge in [-0.1, -0.05) is 17.7 Å². The lowest BCUT2D eigenvalue weighted by Gasteiger charge is -2.10. The minimum atomic E-state index is -0.872. The van der Waals surface area contributed by atoms with Crippen LogP contribution in [-0.4, -0.2) is 15.9 Å². The van der Waals surface area contributed by atoms with Gasteiger partial charge in [-0.3, -0.25) is 4.79 Å². The molecule has 0 aliphatic rings. The summed E-state index contributed by atoms with van der Waals surface area (Å²) in [5.74, 6) is -1.81. The van der Waals surface area contributed by atoms with E-state index < -0.39 is 23.2 Å². The van der Waals surface area contributed by atoms with E-state index in [1.807, 2.05) is 0 Å². The number of nitrogens with zero attached hydrogens (tertiary/aromatic N) is 2. The van der Waals surface area contributed by atoms with E-state index in [-0.39, 0.29) is 5.69 Å². The summed E-state index contributed by atoms with van der Waals surface area (Å²) in [4.78, 5) is 20.5. The Kier molecular flexibility index (Phi) is 5.09. The van der Waals surface area contributed by atoms with Gasteiger partial charge < -0.3 is 10.6 Å². The maximum Gasteiger partial charge on any atom is 0.274 e. The number of hydrogen-bond donors (Lipinski definition) is 2. The number of nitrogens with one attached hydrogen (secondary N) is 2. The molecule has 0 aliphatic heterocycles. The summed E-state index contributed by atoms with van der Waals surface area (Å²) in [7, 11) is 0. The zero-order chi connectivity index (χ0) is 18.7. The van der Waals surface area contributed by atoms with Crippen molar-refractivity contribution in [1.82, 2.24) is 9.97 Å². The molecule has 3 aromatic rings. The smallest absolute Gasteiger partial charge is 0.274 e. The predicted molar refractivity (Wildman–Crippen MR) is 95.8 cm³/mol. The number of anilines is 3. The second-order valence-corrected chi connectivity index (χ2v) is 5.80. The zero-order valence-corrected chi connectivity index (χ0v) is 14.3. The monoisotopic (exact) mass is 374 g/mol. The first kappa shape index (κ1) is 17.8. The Morgan fingerprint density at radius 1 is 1.04 bits per heavy atom. The molecule has 26 heavy (non-hydrogen) atoms. The molecule has 132 valence electrons. The van der Waals surface area contributed by atoms with Gasteiger partial charge in [-0.05, 0) is 43.3 Å². The topological polar surface area (TPSA) is 66.9 Å². The normalized spacial score (nSPS) is 10.5. The van der Waals surface area contributed by atoms with Crippen molar-refractivity contribution in [3.05, 3.63) is 76.7 Å². The summed E-state index contributed by atoms with van der Waals surface area (Å²) in [6.07, 6.45) is 0. The van der Waals surface area contributed by atoms with E-state index in [0.717, 1.165) is 12.1 Å². The SMILES string of the molecule is Cc1nc(Nc2ccc(Cl)cc2)cc(C(=O)Nc2c(F)cccc2F)n1. The molecule has 2 aromatic carbocycles. The van der Waals surface area contributed by atoms with Crippen LogP contribution < -0.4 is 10.6 Å². The van der Waals surface area contributed by atoms with Crippen molar-refractivity contribution in [1.29, 1.82) is 0 Å². The van der Waals surface area contributed by atoms with E-state index in [9.17, 15) is 13.6 Å². The van der Waals surface area contributed by atoms with Gasteiger partial charge in [0, 0.05) is 16.8 Å². The second-order valence-electron chi connectivity index (χ2n) is 5.37. The van der Waals surface area contributed by atoms with Crippen molar-refractivity contribution in [3.8, 4) is 0 Å². The molecule has 0 fully saturated rings. The van der Waals surface area contributed by atoms with Gasteiger partial charge in [0.25, 0.3) is 5.91 Å². The highest BCUT2D eigenvalue weighted by molar-refractivity contribution is 6.30. The van der Waals surface area contributed by atoms with Crippen LogP contribution in [0.1, 0.15) is 16.3 Å². The quantitative estimate of drug-likeness (QED) is 0.694. The summed E-state index contributed by atoms with van der Waals surface area (Å²) in [6.45, 7) is 1.60. The lowest BCUT2D eigenvalue weighted by molar-refractivity contribution is 0.102. The number of amides is 1. The number of halogens is 3. The highest BCUT2D eigenvalue weighted by atomic mass is 35.5. The van der Waals surface area contributed by atoms with Crippen molar-refractivity contribution in [2.45, 2.75) is 6.92 Å². The molecule has 0 aliphatic carbocycles. The molecule has 1 amide bonds. The van der Waals surface area contributed by atoms with Gasteiger partial charge in [0.05, 0.1) is 0 Å². The van der Waals surface area contributed by atoms with Gasteiger partial charge in [0.15, 0.2) is 0 Å². The minimum Gasteiger partial charge on any atom is -0.340 e. The van der Waals surface area contributed by atoms with Gasteiger partial charge in [0.2, 0.25) is 0 Å². The van der Waals surface area contributed by atoms with Gasteiger partial charge in [0.1, 0.15) is 34.7 Å². The van der Waals surface area contributed by atoms with Crippen LogP contribution in [0.4, 0.5) is 26.0 Å². The third kappa shape index (κ3) is 4.12. The van der Waals surface area contributed by atoms with Gasteiger partial charge >= 0.3 is 0 Å². The van der Waals surface area contributed by atoms with Crippen molar-refractivity contribution >= 4 is 34.7 Å². The lowest BCUT2D eigenvalue weighted by Crippen LogP contribution is -2.17. The van der Waals surface area contributed by atoms with Crippen molar-refractivity contribution in [2.75, 3.05) is 10.6 Å². The standard InChI is InChI=1S/C18H13ClF2N4O/c1-10-22-15(18(26)25-17-13(20)3-2-4-14(17)21)9-16(23-10)24-12-7-5-11(19)6-8-12/h2-9H,1H3,(H,25,26)(H,22,23,24). The highest BCUT2D eigenvalue weighted by Crippen LogP contribution is 2.21. The third-order valence-electron chi connectivity index (χ3n) is 3.39. The molecule has 0 atom stereocenters. The van der Waals surface area contributed by atoms with Gasteiger partial charge in [-0.2, -0.15) is 0 Å². The molecular weight excluding hydrogens is 362 g/mol. The Balaban J connectivity index is 1.84. The molecule has 2 N–H and O–H groups in total. The Hall–Kier alpha value is -3.06. The number of carbonyl (C=O) groups excluding carboxylic acids is 1. The van der Waals surface area contributed by atoms with Crippen LogP contribution in [0.5, 0.6) is 0 Å². The fourth-order valence-electron chi connectivity index (χ4n) is 2.22. The molecule has 0 saturated heterocycles. The Labute approximate surface area is 153 Å². The average Bonchev–Trinajstić information content (AvgIpc) is 2.59. The first-order valence-corrected chi connectivity index (χ1v) is 7.94. The number of benzene rings is 2. The molecule has 3 rings (SSSR count). The van der Waals surface area contributed by atoms with Crippen LogP contribution in [-0.2, 0) is 0 Å². The van der Waals surface area contributed by atoms with Gasteiger partial charge in [-0.25, -0.2) is 18.7 Å². The Bertz CT molecular complexity index is 944. The third-order valence-corrected chi connectivity index (χ3v) is 3.64. The molecule has 0 spiro atoms. The van der Waals surface area contributed by atoms with Crippen LogP contribution in [0.3, 0.4) is 0 Å². The van der Waals surface area contributed by atoms with Crippen molar-refractivity contribution in [2.24, 2.45) is 0 Å². The maximum absolute atomic E-state index is 13.7. The number of aromatic nitrogens is 2. The molecule has 0 saturated carbocycles. The first-order valence-electron chi connectivity index (χ1n) is 7.56. The number of para-hydroxylation sites is 1. The highest BCUT2D eigenvalue weighted by Gasteiger charge is 2.16. The molecular formula is C18H13ClF2N4O. The average molecular weight is 375 g/mol. The Morgan fingerprint density at radius 2 is 1.69 bits per heavy atom. The van der Waals surface area contributed by atoms with Crippen LogP contribution >= 0.6 is 11.6 Å². The van der Waals surface area contributed by atoms with E-state index in [1.165, 1.54) is 12.1 Å². The molecule has 8 heteroatoms. The minimum absolute atomic E-state index is 0.0309. The van der Waals surface area contributed by atoms with E-state index >= 15 is 0 Å². The summed E-state index contributed by atoms with van der Waals surface area (Å²) in [6, 6.07) is 11.6. The summed E-state index contributed by atoms with van der Waals surface area (Å²) in [5, 5.41) is 5.80. The van der Waals surface area contributed by atoms with Crippen LogP contribution in [0, 0.1) is 18.6 Å². The van der Waals surface area contributed by atoms with Gasteiger partial charge in [-0.15, -0.1) is 0 Å². The van der Waals surface area contributed by atoms with Crippen LogP contribution in [0.2, 0.25) is 5.02 Å². The molecule has 0 bridgehead atoms. The summed E-state index contributed by atoms with van der Waals surface area (Å²) < 4.78 is 27.4. The van der Waals surface area contributed by atoms with Crippen molar-refractivity contribution < 1.29 is 13.6 Å². The molecule has 0 unspecified atom stereocenters. The molecule has 1 aromatic heterocycles. The molecule has 1 heterocycles. The summed E-state index contributed by atoms with van der Waals surface area (Å²) in [5.41, 5.74) is 0.150. The van der Waals surface area contributed by atoms with Crippen molar-refractivity contribution in [3.63, 3.8) is 0 Å². The van der Waals surface area contributed by atoms with E-state index in [2.05, 4.69) is 20.6 Å². The fraction of sp³-hybridized carbons (Fsp3) is 0.0556. The van der Waals surface area contributed by atoms with E-state index in [4.69, 9.17) is 11.6 Å². The summed E-state index contributed by atoms with van der Waals surface area (Å²) >= 11 is 5.84. The van der Waals surface area contributed by atoms with Crippen LogP contribution in [0.25, 0.3) is 0 Å². The number of hydrogen-bond acceptors (Lipinski definition) is 4. The zero-order valence-electron chi connectivity index (χ0n) is 13.6. The maximum atomic E-state index is 13.7. The lowest BCUT2D eigenvalue weighted by atomic mass is 10.2. The molecule has 0 radical (unpaired) electrons.